The van der Waals surface area contributed by atoms with E-state index in [1.807, 2.05) is 0 Å². The number of carbonyl (C=O) groups excluding carboxylic acids is 2. The van der Waals surface area contributed by atoms with E-state index in [2.05, 4.69) is 5.32 Å². The van der Waals surface area contributed by atoms with Gasteiger partial charge in [0.1, 0.15) is 0 Å². The average Bonchev–Trinajstić information content (AvgIpc) is 2.21. The molecule has 6 heteroatoms. The van der Waals surface area contributed by atoms with Gasteiger partial charge in [0.2, 0.25) is 11.8 Å². The monoisotopic (exact) mass is 250 g/mol. The third kappa shape index (κ3) is 2.91. The number of anilines is 3. The Morgan fingerprint density at radius 1 is 1.11 bits per heavy atom. The molecule has 98 valence electrons. The summed E-state index contributed by atoms with van der Waals surface area (Å²) in [5, 5.41) is 2.64. The SMILES string of the molecule is CC(C)(C)C(=O)Nc1c(N)cc(C(N)=O)cc1N. The Bertz CT molecular complexity index is 480. The van der Waals surface area contributed by atoms with Gasteiger partial charge < -0.3 is 22.5 Å². The van der Waals surface area contributed by atoms with Crippen molar-refractivity contribution < 1.29 is 9.59 Å². The van der Waals surface area contributed by atoms with Crippen molar-refractivity contribution in [3.05, 3.63) is 17.7 Å². The Kier molecular flexibility index (Phi) is 3.50. The maximum absolute atomic E-state index is 11.8. The molecule has 0 fully saturated rings. The third-order valence-corrected chi connectivity index (χ3v) is 2.40. The summed E-state index contributed by atoms with van der Waals surface area (Å²) in [7, 11) is 0. The van der Waals surface area contributed by atoms with Gasteiger partial charge in [0.25, 0.3) is 0 Å². The quantitative estimate of drug-likeness (QED) is 0.583. The zero-order valence-electron chi connectivity index (χ0n) is 10.7. The predicted molar refractivity (Wildman–Crippen MR) is 71.9 cm³/mol. The van der Waals surface area contributed by atoms with Gasteiger partial charge in [-0.1, -0.05) is 20.8 Å². The molecule has 1 rings (SSSR count). The fourth-order valence-corrected chi connectivity index (χ4v) is 1.28. The van der Waals surface area contributed by atoms with Crippen molar-refractivity contribution in [2.45, 2.75) is 20.8 Å². The van der Waals surface area contributed by atoms with E-state index >= 15 is 0 Å². The van der Waals surface area contributed by atoms with E-state index in [1.165, 1.54) is 12.1 Å². The first-order valence-electron chi connectivity index (χ1n) is 5.43. The number of carbonyl (C=O) groups is 2. The molecule has 0 heterocycles. The van der Waals surface area contributed by atoms with Crippen LogP contribution in [-0.4, -0.2) is 11.8 Å². The number of nitrogens with one attached hydrogen (secondary N) is 1. The van der Waals surface area contributed by atoms with Crippen LogP contribution >= 0.6 is 0 Å². The smallest absolute Gasteiger partial charge is 0.248 e. The van der Waals surface area contributed by atoms with Crippen molar-refractivity contribution in [3.63, 3.8) is 0 Å². The van der Waals surface area contributed by atoms with Gasteiger partial charge in [-0.05, 0) is 12.1 Å². The Morgan fingerprint density at radius 2 is 1.56 bits per heavy atom. The predicted octanol–water partition coefficient (Wildman–Crippen LogP) is 0.934. The third-order valence-electron chi connectivity index (χ3n) is 2.40. The lowest BCUT2D eigenvalue weighted by Crippen LogP contribution is -2.28. The summed E-state index contributed by atoms with van der Waals surface area (Å²) in [6.45, 7) is 5.31. The molecule has 0 radical (unpaired) electrons. The molecule has 0 saturated heterocycles. The number of hydrogen-bond acceptors (Lipinski definition) is 4. The van der Waals surface area contributed by atoms with Gasteiger partial charge >= 0.3 is 0 Å². The van der Waals surface area contributed by atoms with Crippen LogP contribution in [-0.2, 0) is 4.79 Å². The van der Waals surface area contributed by atoms with Crippen molar-refractivity contribution in [1.82, 2.24) is 0 Å². The van der Waals surface area contributed by atoms with Crippen molar-refractivity contribution in [1.29, 1.82) is 0 Å². The summed E-state index contributed by atoms with van der Waals surface area (Å²) >= 11 is 0. The zero-order valence-corrected chi connectivity index (χ0v) is 10.7. The summed E-state index contributed by atoms with van der Waals surface area (Å²) in [6.07, 6.45) is 0. The molecule has 0 saturated carbocycles. The second kappa shape index (κ2) is 4.56. The van der Waals surface area contributed by atoms with Crippen molar-refractivity contribution >= 4 is 28.9 Å². The molecule has 1 aromatic rings. The molecule has 1 aromatic carbocycles. The van der Waals surface area contributed by atoms with Crippen LogP contribution in [0.4, 0.5) is 17.1 Å². The molecule has 0 unspecified atom stereocenters. The van der Waals surface area contributed by atoms with Gasteiger partial charge in [-0.2, -0.15) is 0 Å². The number of nitrogen functional groups attached to an aromatic ring is 2. The van der Waals surface area contributed by atoms with Crippen molar-refractivity contribution in [2.24, 2.45) is 11.1 Å². The maximum Gasteiger partial charge on any atom is 0.248 e. The summed E-state index contributed by atoms with van der Waals surface area (Å²) in [5.74, 6) is -0.838. The Hall–Kier alpha value is -2.24. The van der Waals surface area contributed by atoms with Gasteiger partial charge in [0.05, 0.1) is 17.1 Å². The number of primary amides is 1. The maximum atomic E-state index is 11.8. The van der Waals surface area contributed by atoms with E-state index in [4.69, 9.17) is 17.2 Å². The molecule has 0 aromatic heterocycles. The Balaban J connectivity index is 3.12. The van der Waals surface area contributed by atoms with Crippen LogP contribution in [0.5, 0.6) is 0 Å². The minimum Gasteiger partial charge on any atom is -0.397 e. The highest BCUT2D eigenvalue weighted by atomic mass is 16.2. The van der Waals surface area contributed by atoms with E-state index in [0.29, 0.717) is 5.69 Å². The lowest BCUT2D eigenvalue weighted by atomic mass is 9.95. The molecule has 0 spiro atoms. The largest absolute Gasteiger partial charge is 0.397 e. The minimum atomic E-state index is -0.623. The average molecular weight is 250 g/mol. The molecule has 0 aliphatic carbocycles. The summed E-state index contributed by atoms with van der Waals surface area (Å²) in [4.78, 5) is 22.9. The number of nitrogens with two attached hydrogens (primary N) is 3. The van der Waals surface area contributed by atoms with E-state index in [9.17, 15) is 9.59 Å². The fraction of sp³-hybridized carbons (Fsp3) is 0.333. The van der Waals surface area contributed by atoms with Gasteiger partial charge in [-0.3, -0.25) is 9.59 Å². The van der Waals surface area contributed by atoms with Crippen LogP contribution in [0.15, 0.2) is 12.1 Å². The molecule has 18 heavy (non-hydrogen) atoms. The normalized spacial score (nSPS) is 11.1. The first-order valence-corrected chi connectivity index (χ1v) is 5.43. The molecular weight excluding hydrogens is 232 g/mol. The van der Waals surface area contributed by atoms with Gasteiger partial charge in [0, 0.05) is 11.0 Å². The molecule has 7 N–H and O–H groups in total. The lowest BCUT2D eigenvalue weighted by molar-refractivity contribution is -0.123. The highest BCUT2D eigenvalue weighted by Gasteiger charge is 2.23. The summed E-state index contributed by atoms with van der Waals surface area (Å²) in [6, 6.07) is 2.77. The molecule has 0 bridgehead atoms. The van der Waals surface area contributed by atoms with E-state index < -0.39 is 11.3 Å². The van der Waals surface area contributed by atoms with Crippen LogP contribution in [0, 0.1) is 5.41 Å². The van der Waals surface area contributed by atoms with Crippen LogP contribution in [0.1, 0.15) is 31.1 Å². The lowest BCUT2D eigenvalue weighted by Gasteiger charge is -2.20. The van der Waals surface area contributed by atoms with Gasteiger partial charge in [-0.25, -0.2) is 0 Å². The minimum absolute atomic E-state index is 0.207. The molecule has 2 amide bonds. The molecular formula is C12H18N4O2. The van der Waals surface area contributed by atoms with Gasteiger partial charge in [0.15, 0.2) is 0 Å². The highest BCUT2D eigenvalue weighted by molar-refractivity contribution is 6.03. The summed E-state index contributed by atoms with van der Waals surface area (Å²) in [5.41, 5.74) is 17.0. The number of benzene rings is 1. The number of rotatable bonds is 2. The van der Waals surface area contributed by atoms with Crippen LogP contribution in [0.3, 0.4) is 0 Å². The van der Waals surface area contributed by atoms with E-state index in [-0.39, 0.29) is 22.8 Å². The van der Waals surface area contributed by atoms with E-state index in [0.717, 1.165) is 0 Å². The molecule has 0 aliphatic heterocycles. The standard InChI is InChI=1S/C12H18N4O2/c1-12(2,3)11(18)16-9-7(13)4-6(10(15)17)5-8(9)14/h4-5H,13-14H2,1-3H3,(H2,15,17)(H,16,18). The van der Waals surface area contributed by atoms with Crippen LogP contribution in [0.2, 0.25) is 0 Å². The topological polar surface area (TPSA) is 124 Å². The number of amides is 2. The second-order valence-corrected chi connectivity index (χ2v) is 5.10. The zero-order chi connectivity index (χ0) is 14.1. The van der Waals surface area contributed by atoms with E-state index in [1.54, 1.807) is 20.8 Å². The van der Waals surface area contributed by atoms with Crippen LogP contribution < -0.4 is 22.5 Å². The fourth-order valence-electron chi connectivity index (χ4n) is 1.28. The second-order valence-electron chi connectivity index (χ2n) is 5.10. The van der Waals surface area contributed by atoms with Gasteiger partial charge in [-0.15, -0.1) is 0 Å². The first-order chi connectivity index (χ1) is 8.12. The number of hydrogen-bond donors (Lipinski definition) is 4. The van der Waals surface area contributed by atoms with Crippen molar-refractivity contribution in [3.8, 4) is 0 Å². The Labute approximate surface area is 106 Å². The first kappa shape index (κ1) is 13.8. The van der Waals surface area contributed by atoms with Crippen LogP contribution in [0.25, 0.3) is 0 Å². The molecule has 6 nitrogen and oxygen atoms in total. The summed E-state index contributed by atoms with van der Waals surface area (Å²) < 4.78 is 0. The molecule has 0 aliphatic rings. The Morgan fingerprint density at radius 3 is 1.89 bits per heavy atom. The highest BCUT2D eigenvalue weighted by Crippen LogP contribution is 2.29. The van der Waals surface area contributed by atoms with Crippen molar-refractivity contribution in [2.75, 3.05) is 16.8 Å². The molecule has 0 atom stereocenters.